The van der Waals surface area contributed by atoms with E-state index in [2.05, 4.69) is 9.71 Å². The molecule has 5 nitrogen and oxygen atoms in total. The molecule has 1 aromatic carbocycles. The number of hydrogen-bond donors (Lipinski definition) is 2. The summed E-state index contributed by atoms with van der Waals surface area (Å²) in [4.78, 5) is 5.26. The van der Waals surface area contributed by atoms with Gasteiger partial charge in [-0.3, -0.25) is 0 Å². The molecule has 0 aliphatic heterocycles. The number of aromatic nitrogens is 1. The first-order valence-electron chi connectivity index (χ1n) is 5.82. The molecule has 0 saturated carbocycles. The molecular weight excluding hydrogens is 318 g/mol. The first kappa shape index (κ1) is 15.4. The lowest BCUT2D eigenvalue weighted by atomic mass is 10.2. The van der Waals surface area contributed by atoms with Crippen LogP contribution in [-0.2, 0) is 23.1 Å². The van der Waals surface area contributed by atoms with Crippen molar-refractivity contribution in [2.45, 2.75) is 24.9 Å². The zero-order chi connectivity index (χ0) is 14.8. The summed E-state index contributed by atoms with van der Waals surface area (Å²) >= 11 is 7.43. The fourth-order valence-electron chi connectivity index (χ4n) is 1.58. The minimum atomic E-state index is -3.61. The molecule has 0 aliphatic carbocycles. The zero-order valence-electron chi connectivity index (χ0n) is 10.8. The molecule has 2 aromatic rings. The number of nitrogens with one attached hydrogen (secondary N) is 1. The van der Waals surface area contributed by atoms with Gasteiger partial charge in [0.1, 0.15) is 5.01 Å². The molecule has 8 heteroatoms. The number of thiazole rings is 1. The van der Waals surface area contributed by atoms with E-state index in [4.69, 9.17) is 17.3 Å². The van der Waals surface area contributed by atoms with E-state index in [0.717, 1.165) is 9.88 Å². The molecule has 0 amide bonds. The second-order valence-corrected chi connectivity index (χ2v) is 7.64. The third-order valence-electron chi connectivity index (χ3n) is 2.64. The summed E-state index contributed by atoms with van der Waals surface area (Å²) in [7, 11) is -3.61. The Morgan fingerprint density at radius 2 is 2.20 bits per heavy atom. The molecule has 2 rings (SSSR count). The van der Waals surface area contributed by atoms with E-state index in [1.165, 1.54) is 23.5 Å². The number of nitrogens with two attached hydrogens (primary N) is 1. The van der Waals surface area contributed by atoms with Gasteiger partial charge in [0.05, 0.1) is 11.4 Å². The van der Waals surface area contributed by atoms with Gasteiger partial charge in [0, 0.05) is 22.6 Å². The highest BCUT2D eigenvalue weighted by molar-refractivity contribution is 7.89. The predicted octanol–water partition coefficient (Wildman–Crippen LogP) is 2.04. The van der Waals surface area contributed by atoms with Gasteiger partial charge in [0.2, 0.25) is 10.0 Å². The van der Waals surface area contributed by atoms with Crippen LogP contribution >= 0.6 is 22.9 Å². The first-order chi connectivity index (χ1) is 9.42. The van der Waals surface area contributed by atoms with Gasteiger partial charge in [-0.25, -0.2) is 18.1 Å². The second kappa shape index (κ2) is 6.19. The number of hydrogen-bond acceptors (Lipinski definition) is 5. The van der Waals surface area contributed by atoms with Crippen LogP contribution in [0.1, 0.15) is 15.4 Å². The Morgan fingerprint density at radius 3 is 2.75 bits per heavy atom. The minimum absolute atomic E-state index is 0.118. The van der Waals surface area contributed by atoms with Gasteiger partial charge >= 0.3 is 0 Å². The molecule has 0 spiro atoms. The molecule has 0 aliphatic rings. The lowest BCUT2D eigenvalue weighted by molar-refractivity contribution is 0.581. The van der Waals surface area contributed by atoms with Crippen molar-refractivity contribution in [1.29, 1.82) is 0 Å². The Hall–Kier alpha value is -0.990. The van der Waals surface area contributed by atoms with Gasteiger partial charge in [-0.2, -0.15) is 0 Å². The molecule has 1 heterocycles. The van der Waals surface area contributed by atoms with Crippen LogP contribution in [-0.4, -0.2) is 13.4 Å². The Labute approximate surface area is 126 Å². The van der Waals surface area contributed by atoms with Crippen molar-refractivity contribution in [2.24, 2.45) is 5.73 Å². The van der Waals surface area contributed by atoms with Crippen LogP contribution in [0.5, 0.6) is 0 Å². The normalized spacial score (nSPS) is 11.8. The number of sulfonamides is 1. The summed E-state index contributed by atoms with van der Waals surface area (Å²) < 4.78 is 26.8. The van der Waals surface area contributed by atoms with E-state index < -0.39 is 10.0 Å². The van der Waals surface area contributed by atoms with Crippen molar-refractivity contribution in [3.05, 3.63) is 44.9 Å². The summed E-state index contributed by atoms with van der Waals surface area (Å²) in [6.07, 6.45) is 1.71. The van der Waals surface area contributed by atoms with E-state index in [0.29, 0.717) is 10.6 Å². The largest absolute Gasteiger partial charge is 0.326 e. The van der Waals surface area contributed by atoms with Gasteiger partial charge in [0.15, 0.2) is 0 Å². The standard InChI is InChI=1S/C12H14ClN3O2S2/c1-8-6-15-12(19-8)7-16-20(17,18)10-3-2-9(5-14)11(13)4-10/h2-4,6,16H,5,7,14H2,1H3. The molecule has 0 fully saturated rings. The summed E-state index contributed by atoms with van der Waals surface area (Å²) in [5.74, 6) is 0. The predicted molar refractivity (Wildman–Crippen MR) is 80.2 cm³/mol. The van der Waals surface area contributed by atoms with E-state index in [1.54, 1.807) is 12.3 Å². The van der Waals surface area contributed by atoms with Crippen molar-refractivity contribution in [3.8, 4) is 0 Å². The van der Waals surface area contributed by atoms with E-state index in [-0.39, 0.29) is 18.0 Å². The number of aryl methyl sites for hydroxylation is 1. The maximum atomic E-state index is 12.1. The molecular formula is C12H14ClN3O2S2. The average Bonchev–Trinajstić information content (AvgIpc) is 2.82. The summed E-state index contributed by atoms with van der Waals surface area (Å²) in [5, 5.41) is 1.07. The molecule has 20 heavy (non-hydrogen) atoms. The first-order valence-corrected chi connectivity index (χ1v) is 8.49. The highest BCUT2D eigenvalue weighted by Gasteiger charge is 2.16. The Bertz CT molecular complexity index is 713. The third-order valence-corrected chi connectivity index (χ3v) is 5.30. The fourth-order valence-corrected chi connectivity index (χ4v) is 3.74. The van der Waals surface area contributed by atoms with Crippen LogP contribution < -0.4 is 10.5 Å². The molecule has 0 saturated heterocycles. The van der Waals surface area contributed by atoms with Gasteiger partial charge in [-0.1, -0.05) is 17.7 Å². The van der Waals surface area contributed by atoms with E-state index in [9.17, 15) is 8.42 Å². The third kappa shape index (κ3) is 3.56. The van der Waals surface area contributed by atoms with E-state index in [1.807, 2.05) is 6.92 Å². The minimum Gasteiger partial charge on any atom is -0.326 e. The van der Waals surface area contributed by atoms with Gasteiger partial charge in [-0.15, -0.1) is 11.3 Å². The van der Waals surface area contributed by atoms with E-state index >= 15 is 0 Å². The zero-order valence-corrected chi connectivity index (χ0v) is 13.1. The lowest BCUT2D eigenvalue weighted by Crippen LogP contribution is -2.23. The smallest absolute Gasteiger partial charge is 0.241 e. The van der Waals surface area contributed by atoms with Crippen LogP contribution in [0.15, 0.2) is 29.3 Å². The van der Waals surface area contributed by atoms with Crippen LogP contribution in [0.2, 0.25) is 5.02 Å². The van der Waals surface area contributed by atoms with Crippen molar-refractivity contribution in [2.75, 3.05) is 0 Å². The monoisotopic (exact) mass is 331 g/mol. The average molecular weight is 332 g/mol. The maximum absolute atomic E-state index is 12.1. The number of benzene rings is 1. The Kier molecular flexibility index (Phi) is 4.77. The summed E-state index contributed by atoms with van der Waals surface area (Å²) in [6, 6.07) is 4.51. The second-order valence-electron chi connectivity index (χ2n) is 4.15. The summed E-state index contributed by atoms with van der Waals surface area (Å²) in [5.41, 5.74) is 6.20. The number of halogens is 1. The van der Waals surface area contributed by atoms with Crippen LogP contribution in [0.4, 0.5) is 0 Å². The Balaban J connectivity index is 2.15. The molecule has 108 valence electrons. The van der Waals surface area contributed by atoms with Gasteiger partial charge < -0.3 is 5.73 Å². The highest BCUT2D eigenvalue weighted by Crippen LogP contribution is 2.21. The molecule has 1 aromatic heterocycles. The van der Waals surface area contributed by atoms with Crippen LogP contribution in [0.25, 0.3) is 0 Å². The maximum Gasteiger partial charge on any atom is 0.241 e. The number of rotatable bonds is 5. The van der Waals surface area contributed by atoms with Crippen molar-refractivity contribution < 1.29 is 8.42 Å². The highest BCUT2D eigenvalue weighted by atomic mass is 35.5. The molecule has 0 atom stereocenters. The molecule has 0 unspecified atom stereocenters. The lowest BCUT2D eigenvalue weighted by Gasteiger charge is -2.07. The van der Waals surface area contributed by atoms with Crippen molar-refractivity contribution in [3.63, 3.8) is 0 Å². The fraction of sp³-hybridized carbons (Fsp3) is 0.250. The Morgan fingerprint density at radius 1 is 1.45 bits per heavy atom. The molecule has 0 bridgehead atoms. The SMILES string of the molecule is Cc1cnc(CNS(=O)(=O)c2ccc(CN)c(Cl)c2)s1. The van der Waals surface area contributed by atoms with Crippen LogP contribution in [0, 0.1) is 6.92 Å². The molecule has 3 N–H and O–H groups in total. The van der Waals surface area contributed by atoms with Crippen LogP contribution in [0.3, 0.4) is 0 Å². The topological polar surface area (TPSA) is 85.1 Å². The quantitative estimate of drug-likeness (QED) is 0.878. The van der Waals surface area contributed by atoms with Crippen molar-refractivity contribution in [1.82, 2.24) is 9.71 Å². The molecule has 0 radical (unpaired) electrons. The number of nitrogens with zero attached hydrogens (tertiary/aromatic N) is 1. The summed E-state index contributed by atoms with van der Waals surface area (Å²) in [6.45, 7) is 2.35. The van der Waals surface area contributed by atoms with Gasteiger partial charge in [0.25, 0.3) is 0 Å². The van der Waals surface area contributed by atoms with Crippen molar-refractivity contribution >= 4 is 33.0 Å². The van der Waals surface area contributed by atoms with Gasteiger partial charge in [-0.05, 0) is 24.6 Å².